The maximum atomic E-state index is 10.9. The molecular formula is C11H15N3O4. The Morgan fingerprint density at radius 2 is 2.22 bits per heavy atom. The average Bonchev–Trinajstić information content (AvgIpc) is 2.34. The third-order valence-corrected chi connectivity index (χ3v) is 2.52. The highest BCUT2D eigenvalue weighted by Crippen LogP contribution is 2.24. The van der Waals surface area contributed by atoms with E-state index in [1.54, 1.807) is 4.90 Å². The molecule has 1 rings (SSSR count). The first-order valence-electron chi connectivity index (χ1n) is 5.41. The highest BCUT2D eigenvalue weighted by molar-refractivity contribution is 5.79. The van der Waals surface area contributed by atoms with Gasteiger partial charge in [-0.3, -0.25) is 14.9 Å². The predicted octanol–water partition coefficient (Wildman–Crippen LogP) is 0.399. The number of anilines is 1. The number of amides is 1. The Hall–Kier alpha value is -2.15. The lowest BCUT2D eigenvalue weighted by molar-refractivity contribution is -0.385. The number of rotatable bonds is 6. The fourth-order valence-corrected chi connectivity index (χ4v) is 1.65. The van der Waals surface area contributed by atoms with Crippen LogP contribution < -0.4 is 10.6 Å². The number of nitrogens with zero attached hydrogens (tertiary/aromatic N) is 2. The maximum absolute atomic E-state index is 10.9. The summed E-state index contributed by atoms with van der Waals surface area (Å²) in [7, 11) is 0. The lowest BCUT2D eigenvalue weighted by Crippen LogP contribution is -2.33. The van der Waals surface area contributed by atoms with Gasteiger partial charge in [-0.25, -0.2) is 0 Å². The fourth-order valence-electron chi connectivity index (χ4n) is 1.65. The van der Waals surface area contributed by atoms with Gasteiger partial charge in [-0.2, -0.15) is 0 Å². The van der Waals surface area contributed by atoms with E-state index in [4.69, 9.17) is 10.8 Å². The van der Waals surface area contributed by atoms with Crippen LogP contribution in [-0.4, -0.2) is 29.0 Å². The number of hydrogen-bond donors (Lipinski definition) is 2. The molecule has 0 bridgehead atoms. The molecule has 18 heavy (non-hydrogen) atoms. The summed E-state index contributed by atoms with van der Waals surface area (Å²) < 4.78 is 0. The molecule has 0 radical (unpaired) electrons. The molecule has 0 aliphatic carbocycles. The van der Waals surface area contributed by atoms with Crippen molar-refractivity contribution >= 4 is 17.3 Å². The van der Waals surface area contributed by atoms with Gasteiger partial charge in [0.1, 0.15) is 0 Å². The molecule has 7 heteroatoms. The summed E-state index contributed by atoms with van der Waals surface area (Å²) in [4.78, 5) is 22.7. The Morgan fingerprint density at radius 1 is 1.56 bits per heavy atom. The third-order valence-electron chi connectivity index (χ3n) is 2.52. The van der Waals surface area contributed by atoms with Crippen LogP contribution in [-0.2, 0) is 11.4 Å². The predicted molar refractivity (Wildman–Crippen MR) is 66.1 cm³/mol. The van der Waals surface area contributed by atoms with Gasteiger partial charge in [-0.05, 0) is 19.1 Å². The Labute approximate surface area is 104 Å². The molecule has 1 aromatic carbocycles. The topological polar surface area (TPSA) is 110 Å². The van der Waals surface area contributed by atoms with E-state index in [0.717, 1.165) is 0 Å². The number of carbonyl (C=O) groups is 1. The molecule has 0 aromatic heterocycles. The van der Waals surface area contributed by atoms with Gasteiger partial charge < -0.3 is 15.7 Å². The molecule has 0 fully saturated rings. The standard InChI is InChI=1S/C11H15N3O4/c1-2-13(6-11(12)16)9-3-4-10(14(17)18)8(5-9)7-15/h3-5,15H,2,6-7H2,1H3,(H2,12,16). The maximum Gasteiger partial charge on any atom is 0.275 e. The first-order valence-corrected chi connectivity index (χ1v) is 5.41. The minimum Gasteiger partial charge on any atom is -0.391 e. The molecule has 0 aliphatic heterocycles. The van der Waals surface area contributed by atoms with Crippen LogP contribution in [0.25, 0.3) is 0 Å². The smallest absolute Gasteiger partial charge is 0.275 e. The van der Waals surface area contributed by atoms with Gasteiger partial charge in [0.25, 0.3) is 5.69 Å². The molecule has 0 unspecified atom stereocenters. The number of nitro groups is 1. The molecule has 0 saturated carbocycles. The molecule has 0 atom stereocenters. The summed E-state index contributed by atoms with van der Waals surface area (Å²) in [6.07, 6.45) is 0. The van der Waals surface area contributed by atoms with Crippen LogP contribution in [0.1, 0.15) is 12.5 Å². The Bertz CT molecular complexity index is 462. The molecule has 0 saturated heterocycles. The number of nitrogens with two attached hydrogens (primary N) is 1. The van der Waals surface area contributed by atoms with Gasteiger partial charge in [-0.1, -0.05) is 0 Å². The normalized spacial score (nSPS) is 10.1. The molecule has 0 heterocycles. The highest BCUT2D eigenvalue weighted by Gasteiger charge is 2.16. The number of aliphatic hydroxyl groups is 1. The van der Waals surface area contributed by atoms with E-state index < -0.39 is 17.4 Å². The quantitative estimate of drug-likeness (QED) is 0.563. The number of hydrogen-bond acceptors (Lipinski definition) is 5. The van der Waals surface area contributed by atoms with E-state index >= 15 is 0 Å². The Kier molecular flexibility index (Phi) is 4.61. The van der Waals surface area contributed by atoms with Gasteiger partial charge in [0.15, 0.2) is 0 Å². The third kappa shape index (κ3) is 3.17. The van der Waals surface area contributed by atoms with Crippen LogP contribution in [0.3, 0.4) is 0 Å². The van der Waals surface area contributed by atoms with Gasteiger partial charge in [0.05, 0.1) is 23.6 Å². The van der Waals surface area contributed by atoms with E-state index in [0.29, 0.717) is 12.2 Å². The second-order valence-electron chi connectivity index (χ2n) is 3.71. The molecule has 3 N–H and O–H groups in total. The van der Waals surface area contributed by atoms with Crippen molar-refractivity contribution in [3.63, 3.8) is 0 Å². The SMILES string of the molecule is CCN(CC(N)=O)c1ccc([N+](=O)[O-])c(CO)c1. The number of likely N-dealkylation sites (N-methyl/N-ethyl adjacent to an activating group) is 1. The fraction of sp³-hybridized carbons (Fsp3) is 0.364. The van der Waals surface area contributed by atoms with Crippen molar-refractivity contribution in [1.29, 1.82) is 0 Å². The molecule has 1 amide bonds. The number of primary amides is 1. The Balaban J connectivity index is 3.10. The second kappa shape index (κ2) is 5.97. The molecule has 0 aliphatic rings. The lowest BCUT2D eigenvalue weighted by atomic mass is 10.1. The van der Waals surface area contributed by atoms with Crippen LogP contribution in [0.15, 0.2) is 18.2 Å². The van der Waals surface area contributed by atoms with Crippen molar-refractivity contribution < 1.29 is 14.8 Å². The summed E-state index contributed by atoms with van der Waals surface area (Å²) in [5.41, 5.74) is 5.80. The molecular weight excluding hydrogens is 238 g/mol. The van der Waals surface area contributed by atoms with Crippen molar-refractivity contribution in [2.75, 3.05) is 18.0 Å². The minimum absolute atomic E-state index is 0.0270. The van der Waals surface area contributed by atoms with Crippen molar-refractivity contribution in [2.24, 2.45) is 5.73 Å². The minimum atomic E-state index is -0.556. The molecule has 1 aromatic rings. The van der Waals surface area contributed by atoms with Crippen molar-refractivity contribution in [1.82, 2.24) is 0 Å². The summed E-state index contributed by atoms with van der Waals surface area (Å²) in [6.45, 7) is 1.96. The highest BCUT2D eigenvalue weighted by atomic mass is 16.6. The molecule has 7 nitrogen and oxygen atoms in total. The van der Waals surface area contributed by atoms with Crippen molar-refractivity contribution in [3.8, 4) is 0 Å². The largest absolute Gasteiger partial charge is 0.391 e. The average molecular weight is 253 g/mol. The van der Waals surface area contributed by atoms with Gasteiger partial charge >= 0.3 is 0 Å². The number of aliphatic hydroxyl groups excluding tert-OH is 1. The first-order chi connectivity index (χ1) is 8.49. The summed E-state index contributed by atoms with van der Waals surface area (Å²) in [5.74, 6) is -0.485. The monoisotopic (exact) mass is 253 g/mol. The summed E-state index contributed by atoms with van der Waals surface area (Å²) in [6, 6.07) is 4.33. The van der Waals surface area contributed by atoms with Gasteiger partial charge in [-0.15, -0.1) is 0 Å². The van der Waals surface area contributed by atoms with Crippen LogP contribution in [0.4, 0.5) is 11.4 Å². The van der Waals surface area contributed by atoms with E-state index in [2.05, 4.69) is 0 Å². The second-order valence-corrected chi connectivity index (χ2v) is 3.71. The number of benzene rings is 1. The van der Waals surface area contributed by atoms with Crippen LogP contribution in [0, 0.1) is 10.1 Å². The zero-order valence-corrected chi connectivity index (χ0v) is 10.00. The van der Waals surface area contributed by atoms with Crippen molar-refractivity contribution in [3.05, 3.63) is 33.9 Å². The first kappa shape index (κ1) is 13.9. The van der Waals surface area contributed by atoms with Crippen LogP contribution >= 0.6 is 0 Å². The van der Waals surface area contributed by atoms with E-state index in [1.165, 1.54) is 18.2 Å². The van der Waals surface area contributed by atoms with Crippen LogP contribution in [0.5, 0.6) is 0 Å². The van der Waals surface area contributed by atoms with E-state index in [1.807, 2.05) is 6.92 Å². The van der Waals surface area contributed by atoms with Crippen molar-refractivity contribution in [2.45, 2.75) is 13.5 Å². The molecule has 98 valence electrons. The summed E-state index contributed by atoms with van der Waals surface area (Å²) >= 11 is 0. The van der Waals surface area contributed by atoms with Crippen LogP contribution in [0.2, 0.25) is 0 Å². The zero-order valence-electron chi connectivity index (χ0n) is 10.00. The zero-order chi connectivity index (χ0) is 13.7. The number of nitro benzene ring substituents is 1. The van der Waals surface area contributed by atoms with E-state index in [-0.39, 0.29) is 17.8 Å². The lowest BCUT2D eigenvalue weighted by Gasteiger charge is -2.21. The van der Waals surface area contributed by atoms with Gasteiger partial charge in [0.2, 0.25) is 5.91 Å². The van der Waals surface area contributed by atoms with Gasteiger partial charge in [0, 0.05) is 18.3 Å². The summed E-state index contributed by atoms with van der Waals surface area (Å²) in [5, 5.41) is 19.8. The molecule has 0 spiro atoms. The number of carbonyl (C=O) groups excluding carboxylic acids is 1. The Morgan fingerprint density at radius 3 is 2.67 bits per heavy atom. The van der Waals surface area contributed by atoms with E-state index in [9.17, 15) is 14.9 Å².